The molecule has 24 heavy (non-hydrogen) atoms. The molecule has 0 N–H and O–H groups in total. The second-order valence-corrected chi connectivity index (χ2v) is 6.87. The lowest BCUT2D eigenvalue weighted by molar-refractivity contribution is 0.0660. The van der Waals surface area contributed by atoms with Gasteiger partial charge in [-0.25, -0.2) is 0 Å². The maximum absolute atomic E-state index is 12.9. The van der Waals surface area contributed by atoms with Crippen molar-refractivity contribution in [2.24, 2.45) is 13.0 Å². The predicted molar refractivity (Wildman–Crippen MR) is 99.3 cm³/mol. The smallest absolute Gasteiger partial charge is 0.270 e. The van der Waals surface area contributed by atoms with E-state index in [1.807, 2.05) is 34.7 Å². The first-order valence-corrected chi connectivity index (χ1v) is 9.20. The molecule has 1 fully saturated rings. The van der Waals surface area contributed by atoms with E-state index in [4.69, 9.17) is 0 Å². The number of hydrogen-bond donors (Lipinski definition) is 0. The molecular formula is C20H29N3O. The zero-order valence-electron chi connectivity index (χ0n) is 15.2. The maximum Gasteiger partial charge on any atom is 0.270 e. The van der Waals surface area contributed by atoms with Crippen molar-refractivity contribution >= 4 is 16.8 Å². The lowest BCUT2D eigenvalue weighted by Crippen LogP contribution is -2.42. The van der Waals surface area contributed by atoms with Gasteiger partial charge in [-0.1, -0.05) is 32.0 Å². The number of fused-ring (bicyclic) bond motifs is 1. The van der Waals surface area contributed by atoms with Gasteiger partial charge in [-0.15, -0.1) is 0 Å². The quantitative estimate of drug-likeness (QED) is 0.842. The van der Waals surface area contributed by atoms with Gasteiger partial charge in [0.05, 0.1) is 0 Å². The van der Waals surface area contributed by atoms with Gasteiger partial charge in [0.15, 0.2) is 0 Å². The second kappa shape index (κ2) is 7.39. The number of piperidine rings is 1. The SMILES string of the molecule is CCN(CC)CC1CCN(C(=O)c2cc3ccccc3n2C)CC1. The number of aromatic nitrogens is 1. The first-order chi connectivity index (χ1) is 11.6. The van der Waals surface area contributed by atoms with E-state index in [-0.39, 0.29) is 5.91 Å². The summed E-state index contributed by atoms with van der Waals surface area (Å²) in [7, 11) is 1.99. The summed E-state index contributed by atoms with van der Waals surface area (Å²) >= 11 is 0. The molecule has 4 heteroatoms. The predicted octanol–water partition coefficient (Wildman–Crippen LogP) is 3.37. The molecule has 1 amide bonds. The molecule has 1 saturated heterocycles. The highest BCUT2D eigenvalue weighted by molar-refractivity contribution is 5.98. The van der Waals surface area contributed by atoms with Gasteiger partial charge in [0.1, 0.15) is 5.69 Å². The van der Waals surface area contributed by atoms with Gasteiger partial charge in [0.2, 0.25) is 0 Å². The number of hydrogen-bond acceptors (Lipinski definition) is 2. The van der Waals surface area contributed by atoms with Crippen LogP contribution in [0.15, 0.2) is 30.3 Å². The van der Waals surface area contributed by atoms with Gasteiger partial charge in [0.25, 0.3) is 5.91 Å². The highest BCUT2D eigenvalue weighted by Crippen LogP contribution is 2.23. The zero-order valence-corrected chi connectivity index (χ0v) is 15.2. The molecule has 1 aromatic heterocycles. The summed E-state index contributed by atoms with van der Waals surface area (Å²) in [4.78, 5) is 17.5. The van der Waals surface area contributed by atoms with Crippen LogP contribution in [0.2, 0.25) is 0 Å². The summed E-state index contributed by atoms with van der Waals surface area (Å²) in [5.74, 6) is 0.899. The number of amides is 1. The number of nitrogens with zero attached hydrogens (tertiary/aromatic N) is 3. The molecule has 0 aliphatic carbocycles. The molecule has 0 unspecified atom stereocenters. The highest BCUT2D eigenvalue weighted by Gasteiger charge is 2.26. The van der Waals surface area contributed by atoms with E-state index >= 15 is 0 Å². The molecule has 1 aromatic carbocycles. The van der Waals surface area contributed by atoms with Gasteiger partial charge in [-0.3, -0.25) is 4.79 Å². The van der Waals surface area contributed by atoms with Crippen LogP contribution in [-0.4, -0.2) is 53.0 Å². The number of carbonyl (C=O) groups is 1. The van der Waals surface area contributed by atoms with Gasteiger partial charge < -0.3 is 14.4 Å². The van der Waals surface area contributed by atoms with Crippen molar-refractivity contribution in [1.82, 2.24) is 14.4 Å². The Balaban J connectivity index is 1.65. The Morgan fingerprint density at radius 3 is 2.46 bits per heavy atom. The lowest BCUT2D eigenvalue weighted by Gasteiger charge is -2.34. The Hall–Kier alpha value is -1.81. The molecule has 2 heterocycles. The van der Waals surface area contributed by atoms with E-state index in [0.717, 1.165) is 61.5 Å². The molecular weight excluding hydrogens is 298 g/mol. The van der Waals surface area contributed by atoms with Crippen LogP contribution in [0, 0.1) is 5.92 Å². The summed E-state index contributed by atoms with van der Waals surface area (Å²) in [5.41, 5.74) is 1.93. The molecule has 0 bridgehead atoms. The van der Waals surface area contributed by atoms with E-state index in [2.05, 4.69) is 30.9 Å². The van der Waals surface area contributed by atoms with Crippen LogP contribution in [0.1, 0.15) is 37.2 Å². The third kappa shape index (κ3) is 3.34. The molecule has 3 rings (SSSR count). The zero-order chi connectivity index (χ0) is 17.1. The number of aryl methyl sites for hydroxylation is 1. The van der Waals surface area contributed by atoms with Crippen molar-refractivity contribution in [2.45, 2.75) is 26.7 Å². The van der Waals surface area contributed by atoms with Crippen molar-refractivity contribution in [3.63, 3.8) is 0 Å². The molecule has 0 spiro atoms. The average Bonchev–Trinajstić information content (AvgIpc) is 2.97. The minimum atomic E-state index is 0.176. The molecule has 1 aliphatic heterocycles. The molecule has 4 nitrogen and oxygen atoms in total. The number of rotatable bonds is 5. The summed E-state index contributed by atoms with van der Waals surface area (Å²) in [6, 6.07) is 10.2. The first-order valence-electron chi connectivity index (χ1n) is 9.20. The van der Waals surface area contributed by atoms with Gasteiger partial charge >= 0.3 is 0 Å². The minimum absolute atomic E-state index is 0.176. The van der Waals surface area contributed by atoms with E-state index in [1.54, 1.807) is 0 Å². The minimum Gasteiger partial charge on any atom is -0.340 e. The Morgan fingerprint density at radius 1 is 1.17 bits per heavy atom. The Kier molecular flexibility index (Phi) is 5.24. The van der Waals surface area contributed by atoms with Crippen LogP contribution < -0.4 is 0 Å². The number of carbonyl (C=O) groups excluding carboxylic acids is 1. The number of benzene rings is 1. The second-order valence-electron chi connectivity index (χ2n) is 6.87. The fourth-order valence-corrected chi connectivity index (χ4v) is 3.82. The summed E-state index contributed by atoms with van der Waals surface area (Å²) in [6.45, 7) is 9.61. The number of para-hydroxylation sites is 1. The molecule has 0 radical (unpaired) electrons. The summed E-state index contributed by atoms with van der Waals surface area (Å²) in [5, 5.41) is 1.14. The van der Waals surface area contributed by atoms with Crippen molar-refractivity contribution in [1.29, 1.82) is 0 Å². The monoisotopic (exact) mass is 327 g/mol. The van der Waals surface area contributed by atoms with Crippen molar-refractivity contribution < 1.29 is 4.79 Å². The van der Waals surface area contributed by atoms with E-state index in [0.29, 0.717) is 0 Å². The van der Waals surface area contributed by atoms with Crippen LogP contribution in [0.3, 0.4) is 0 Å². The molecule has 1 aliphatic rings. The van der Waals surface area contributed by atoms with E-state index < -0.39 is 0 Å². The first kappa shape index (κ1) is 17.0. The molecule has 0 saturated carbocycles. The van der Waals surface area contributed by atoms with Crippen molar-refractivity contribution in [3.8, 4) is 0 Å². The van der Waals surface area contributed by atoms with Gasteiger partial charge in [-0.2, -0.15) is 0 Å². The van der Waals surface area contributed by atoms with Crippen LogP contribution in [0.5, 0.6) is 0 Å². The fraction of sp³-hybridized carbons (Fsp3) is 0.550. The van der Waals surface area contributed by atoms with Gasteiger partial charge in [-0.05, 0) is 44.0 Å². The topological polar surface area (TPSA) is 28.5 Å². The summed E-state index contributed by atoms with van der Waals surface area (Å²) < 4.78 is 2.03. The van der Waals surface area contributed by atoms with Crippen LogP contribution >= 0.6 is 0 Å². The van der Waals surface area contributed by atoms with Crippen molar-refractivity contribution in [3.05, 3.63) is 36.0 Å². The molecule has 2 aromatic rings. The van der Waals surface area contributed by atoms with E-state index in [1.165, 1.54) is 6.54 Å². The molecule has 0 atom stereocenters. The Labute approximate surface area is 145 Å². The molecule has 130 valence electrons. The third-order valence-electron chi connectivity index (χ3n) is 5.48. The highest BCUT2D eigenvalue weighted by atomic mass is 16.2. The van der Waals surface area contributed by atoms with Crippen LogP contribution in [0.25, 0.3) is 10.9 Å². The summed E-state index contributed by atoms with van der Waals surface area (Å²) in [6.07, 6.45) is 2.23. The van der Waals surface area contributed by atoms with E-state index in [9.17, 15) is 4.79 Å². The van der Waals surface area contributed by atoms with Crippen molar-refractivity contribution in [2.75, 3.05) is 32.7 Å². The van der Waals surface area contributed by atoms with Gasteiger partial charge in [0, 0.05) is 37.6 Å². The Bertz CT molecular complexity index is 694. The van der Waals surface area contributed by atoms with Crippen LogP contribution in [-0.2, 0) is 7.05 Å². The average molecular weight is 327 g/mol. The van der Waals surface area contributed by atoms with Crippen LogP contribution in [0.4, 0.5) is 0 Å². The fourth-order valence-electron chi connectivity index (χ4n) is 3.82. The maximum atomic E-state index is 12.9. The number of likely N-dealkylation sites (tertiary alicyclic amines) is 1. The normalized spacial score (nSPS) is 16.2. The largest absolute Gasteiger partial charge is 0.340 e. The Morgan fingerprint density at radius 2 is 1.83 bits per heavy atom. The standard InChI is InChI=1S/C20H29N3O/c1-4-22(5-2)15-16-10-12-23(13-11-16)20(24)19-14-17-8-6-7-9-18(17)21(19)3/h6-9,14,16H,4-5,10-13,15H2,1-3H3. The lowest BCUT2D eigenvalue weighted by atomic mass is 9.96. The third-order valence-corrected chi connectivity index (χ3v) is 5.48.